The predicted octanol–water partition coefficient (Wildman–Crippen LogP) is 2.39. The second-order valence-electron chi connectivity index (χ2n) is 7.32. The third-order valence-corrected chi connectivity index (χ3v) is 6.98. The number of rotatable bonds is 6. The molecule has 1 aromatic carbocycles. The summed E-state index contributed by atoms with van der Waals surface area (Å²) in [6.07, 6.45) is 2.21. The Labute approximate surface area is 157 Å². The van der Waals surface area contributed by atoms with Crippen LogP contribution in [0.25, 0.3) is 0 Å². The Hall–Kier alpha value is -1.44. The summed E-state index contributed by atoms with van der Waals surface area (Å²) in [7, 11) is -0.437. The molecular weight excluding hydrogens is 350 g/mol. The maximum absolute atomic E-state index is 12.8. The number of hydrogen-bond acceptors (Lipinski definition) is 3. The fourth-order valence-electron chi connectivity index (χ4n) is 3.50. The Morgan fingerprint density at radius 2 is 2.04 bits per heavy atom. The van der Waals surface area contributed by atoms with E-state index in [-0.39, 0.29) is 24.4 Å². The molecule has 2 rings (SSSR count). The Balaban J connectivity index is 2.10. The monoisotopic (exact) mass is 381 g/mol. The molecule has 0 aromatic heterocycles. The van der Waals surface area contributed by atoms with E-state index in [1.807, 2.05) is 6.92 Å². The van der Waals surface area contributed by atoms with E-state index < -0.39 is 10.2 Å². The molecule has 1 heterocycles. The highest BCUT2D eigenvalue weighted by atomic mass is 32.2. The highest BCUT2D eigenvalue weighted by molar-refractivity contribution is 7.86. The van der Waals surface area contributed by atoms with Gasteiger partial charge in [0.15, 0.2) is 0 Å². The number of nitrogens with zero attached hydrogens (tertiary/aromatic N) is 2. The van der Waals surface area contributed by atoms with Crippen LogP contribution in [0, 0.1) is 19.8 Å². The van der Waals surface area contributed by atoms with Crippen LogP contribution < -0.4 is 5.32 Å². The molecule has 7 heteroatoms. The fourth-order valence-corrected chi connectivity index (χ4v) is 4.69. The maximum Gasteiger partial charge on any atom is 0.281 e. The molecule has 1 amide bonds. The fraction of sp³-hybridized carbons (Fsp3) is 0.632. The number of amides is 1. The van der Waals surface area contributed by atoms with Gasteiger partial charge in [0.05, 0.1) is 12.0 Å². The van der Waals surface area contributed by atoms with Crippen LogP contribution in [0.2, 0.25) is 0 Å². The summed E-state index contributed by atoms with van der Waals surface area (Å²) in [5.74, 6) is -0.367. The number of benzene rings is 1. The van der Waals surface area contributed by atoms with Crippen LogP contribution in [0.5, 0.6) is 0 Å². The van der Waals surface area contributed by atoms with Gasteiger partial charge in [0.25, 0.3) is 10.2 Å². The number of carbonyl (C=O) groups is 1. The predicted molar refractivity (Wildman–Crippen MR) is 104 cm³/mol. The molecule has 1 saturated heterocycles. The molecule has 2 atom stereocenters. The first-order chi connectivity index (χ1) is 12.2. The van der Waals surface area contributed by atoms with Gasteiger partial charge in [-0.3, -0.25) is 4.79 Å². The molecule has 26 heavy (non-hydrogen) atoms. The van der Waals surface area contributed by atoms with E-state index in [4.69, 9.17) is 0 Å². The second kappa shape index (κ2) is 8.50. The Kier molecular flexibility index (Phi) is 6.82. The van der Waals surface area contributed by atoms with Crippen molar-refractivity contribution in [1.29, 1.82) is 0 Å². The maximum atomic E-state index is 12.8. The lowest BCUT2D eigenvalue weighted by Gasteiger charge is -2.33. The summed E-state index contributed by atoms with van der Waals surface area (Å²) < 4.78 is 27.3. The van der Waals surface area contributed by atoms with E-state index in [1.54, 1.807) is 0 Å². The standard InChI is InChI=1S/C19H31N3O3S/c1-6-18(17-10-9-14(2)12-15(17)3)20-19(23)16-8-7-11-22(13-16)26(24,25)21(4)5/h9-10,12,16,18H,6-8,11,13H2,1-5H3,(H,20,23)/t16-,18-/m0/s1. The largest absolute Gasteiger partial charge is 0.349 e. The molecule has 0 bridgehead atoms. The molecule has 0 aliphatic carbocycles. The molecule has 0 radical (unpaired) electrons. The van der Waals surface area contributed by atoms with Crippen LogP contribution in [0.1, 0.15) is 48.9 Å². The average molecular weight is 382 g/mol. The topological polar surface area (TPSA) is 69.7 Å². The van der Waals surface area contributed by atoms with Crippen LogP contribution >= 0.6 is 0 Å². The van der Waals surface area contributed by atoms with Crippen molar-refractivity contribution in [2.45, 2.75) is 46.1 Å². The zero-order valence-corrected chi connectivity index (χ0v) is 17.3. The van der Waals surface area contributed by atoms with E-state index >= 15 is 0 Å². The third kappa shape index (κ3) is 4.64. The van der Waals surface area contributed by atoms with Gasteiger partial charge in [-0.05, 0) is 44.2 Å². The van der Waals surface area contributed by atoms with E-state index in [0.717, 1.165) is 17.5 Å². The molecule has 1 aliphatic heterocycles. The SMILES string of the molecule is CC[C@H](NC(=O)[C@H]1CCCN(S(=O)(=O)N(C)C)C1)c1ccc(C)cc1C. The number of piperidine rings is 1. The molecule has 1 fully saturated rings. The molecule has 0 saturated carbocycles. The lowest BCUT2D eigenvalue weighted by atomic mass is 9.95. The highest BCUT2D eigenvalue weighted by Gasteiger charge is 2.34. The summed E-state index contributed by atoms with van der Waals surface area (Å²) in [6, 6.07) is 6.20. The van der Waals surface area contributed by atoms with Crippen molar-refractivity contribution in [3.63, 3.8) is 0 Å². The van der Waals surface area contributed by atoms with E-state index in [1.165, 1.54) is 28.3 Å². The van der Waals surface area contributed by atoms with E-state index in [2.05, 4.69) is 37.4 Å². The minimum atomic E-state index is -3.48. The minimum absolute atomic E-state index is 0.0519. The minimum Gasteiger partial charge on any atom is -0.349 e. The van der Waals surface area contributed by atoms with Crippen molar-refractivity contribution in [1.82, 2.24) is 13.9 Å². The van der Waals surface area contributed by atoms with Gasteiger partial charge in [-0.2, -0.15) is 17.0 Å². The van der Waals surface area contributed by atoms with Crippen LogP contribution in [0.15, 0.2) is 18.2 Å². The molecule has 1 N–H and O–H groups in total. The summed E-state index contributed by atoms with van der Waals surface area (Å²) >= 11 is 0. The van der Waals surface area contributed by atoms with Crippen LogP contribution in [0.3, 0.4) is 0 Å². The molecule has 6 nitrogen and oxygen atoms in total. The van der Waals surface area contributed by atoms with Crippen molar-refractivity contribution in [2.24, 2.45) is 5.92 Å². The first kappa shape index (κ1) is 20.9. The molecule has 1 aromatic rings. The molecule has 146 valence electrons. The quantitative estimate of drug-likeness (QED) is 0.823. The van der Waals surface area contributed by atoms with Gasteiger partial charge in [-0.1, -0.05) is 30.7 Å². The van der Waals surface area contributed by atoms with Crippen LogP contribution in [0.4, 0.5) is 0 Å². The van der Waals surface area contributed by atoms with Crippen molar-refractivity contribution >= 4 is 16.1 Å². The zero-order valence-electron chi connectivity index (χ0n) is 16.4. The lowest BCUT2D eigenvalue weighted by molar-refractivity contribution is -0.126. The van der Waals surface area contributed by atoms with Crippen molar-refractivity contribution in [2.75, 3.05) is 27.2 Å². The van der Waals surface area contributed by atoms with Crippen molar-refractivity contribution in [3.8, 4) is 0 Å². The van der Waals surface area contributed by atoms with Gasteiger partial charge >= 0.3 is 0 Å². The zero-order chi connectivity index (χ0) is 19.5. The number of aryl methyl sites for hydroxylation is 2. The highest BCUT2D eigenvalue weighted by Crippen LogP contribution is 2.25. The van der Waals surface area contributed by atoms with E-state index in [0.29, 0.717) is 19.4 Å². The smallest absolute Gasteiger partial charge is 0.281 e. The number of hydrogen-bond donors (Lipinski definition) is 1. The third-order valence-electron chi connectivity index (χ3n) is 5.07. The summed E-state index contributed by atoms with van der Waals surface area (Å²) in [6.45, 7) is 6.88. The molecule has 0 spiro atoms. The first-order valence-corrected chi connectivity index (χ1v) is 10.6. The van der Waals surface area contributed by atoms with Gasteiger partial charge in [-0.25, -0.2) is 0 Å². The lowest BCUT2D eigenvalue weighted by Crippen LogP contribution is -2.49. The molecular formula is C19H31N3O3S. The number of carbonyl (C=O) groups excluding carboxylic acids is 1. The van der Waals surface area contributed by atoms with Crippen LogP contribution in [-0.2, 0) is 15.0 Å². The number of nitrogens with one attached hydrogen (secondary N) is 1. The second-order valence-corrected chi connectivity index (χ2v) is 9.46. The normalized spacial score (nSPS) is 20.2. The summed E-state index contributed by atoms with van der Waals surface area (Å²) in [5.41, 5.74) is 3.49. The van der Waals surface area contributed by atoms with Gasteiger partial charge < -0.3 is 5.32 Å². The Morgan fingerprint density at radius 1 is 1.35 bits per heavy atom. The van der Waals surface area contributed by atoms with Gasteiger partial charge in [0.2, 0.25) is 5.91 Å². The summed E-state index contributed by atoms with van der Waals surface area (Å²) in [4.78, 5) is 12.8. The van der Waals surface area contributed by atoms with Gasteiger partial charge in [0.1, 0.15) is 0 Å². The Morgan fingerprint density at radius 3 is 2.62 bits per heavy atom. The van der Waals surface area contributed by atoms with Crippen molar-refractivity contribution in [3.05, 3.63) is 34.9 Å². The van der Waals surface area contributed by atoms with Crippen LogP contribution in [-0.4, -0.2) is 50.1 Å². The Bertz CT molecular complexity index is 746. The molecule has 0 unspecified atom stereocenters. The molecule has 1 aliphatic rings. The average Bonchev–Trinajstić information content (AvgIpc) is 2.60. The summed E-state index contributed by atoms with van der Waals surface area (Å²) in [5, 5.41) is 3.14. The first-order valence-electron chi connectivity index (χ1n) is 9.22. The van der Waals surface area contributed by atoms with E-state index in [9.17, 15) is 13.2 Å². The van der Waals surface area contributed by atoms with Gasteiger partial charge in [0, 0.05) is 27.2 Å². The van der Waals surface area contributed by atoms with Gasteiger partial charge in [-0.15, -0.1) is 0 Å². The van der Waals surface area contributed by atoms with Crippen molar-refractivity contribution < 1.29 is 13.2 Å².